The van der Waals surface area contributed by atoms with Gasteiger partial charge in [-0.1, -0.05) is 12.1 Å². The first-order chi connectivity index (χ1) is 8.00. The molecule has 2 rings (SSSR count). The van der Waals surface area contributed by atoms with Crippen LogP contribution in [0.15, 0.2) is 24.3 Å². The lowest BCUT2D eigenvalue weighted by Gasteiger charge is -2.29. The van der Waals surface area contributed by atoms with Crippen LogP contribution in [-0.2, 0) is 4.79 Å². The molecule has 3 heteroatoms. The molecule has 1 N–H and O–H groups in total. The molecule has 0 atom stereocenters. The van der Waals surface area contributed by atoms with Crippen molar-refractivity contribution in [2.45, 2.75) is 32.7 Å². The van der Waals surface area contributed by atoms with Gasteiger partial charge in [-0.2, -0.15) is 0 Å². The average Bonchev–Trinajstić information content (AvgIpc) is 2.40. The number of aryl methyl sites for hydroxylation is 1. The molecule has 0 bridgehead atoms. The van der Waals surface area contributed by atoms with Crippen molar-refractivity contribution in [1.82, 2.24) is 5.32 Å². The maximum absolute atomic E-state index is 12.4. The summed E-state index contributed by atoms with van der Waals surface area (Å²) in [7, 11) is 0. The highest BCUT2D eigenvalue weighted by atomic mass is 16.2. The number of anilines is 1. The van der Waals surface area contributed by atoms with Crippen molar-refractivity contribution in [3.05, 3.63) is 29.8 Å². The van der Waals surface area contributed by atoms with E-state index in [0.717, 1.165) is 25.2 Å². The number of carbonyl (C=O) groups is 1. The van der Waals surface area contributed by atoms with E-state index in [-0.39, 0.29) is 5.91 Å². The Kier molecular flexibility index (Phi) is 3.20. The van der Waals surface area contributed by atoms with E-state index < -0.39 is 5.54 Å². The fraction of sp³-hybridized carbons (Fsp3) is 0.500. The zero-order valence-corrected chi connectivity index (χ0v) is 10.8. The maximum Gasteiger partial charge on any atom is 0.246 e. The van der Waals surface area contributed by atoms with Crippen LogP contribution in [-0.4, -0.2) is 24.5 Å². The summed E-state index contributed by atoms with van der Waals surface area (Å²) in [5.74, 6) is 0.153. The van der Waals surface area contributed by atoms with Gasteiger partial charge in [0.05, 0.1) is 5.54 Å². The van der Waals surface area contributed by atoms with Gasteiger partial charge in [0, 0.05) is 12.2 Å². The molecule has 1 aromatic rings. The first kappa shape index (κ1) is 12.1. The number of nitrogens with one attached hydrogen (secondary N) is 1. The lowest BCUT2D eigenvalue weighted by atomic mass is 10.0. The summed E-state index contributed by atoms with van der Waals surface area (Å²) in [5, 5.41) is 3.29. The van der Waals surface area contributed by atoms with Crippen LogP contribution in [0.4, 0.5) is 5.69 Å². The molecule has 0 saturated carbocycles. The van der Waals surface area contributed by atoms with Crippen LogP contribution in [0.25, 0.3) is 0 Å². The molecule has 0 aromatic heterocycles. The third-order valence-corrected chi connectivity index (χ3v) is 3.22. The summed E-state index contributed by atoms with van der Waals surface area (Å²) in [6.45, 7) is 7.63. The molecule has 1 fully saturated rings. The minimum Gasteiger partial charge on any atom is -0.311 e. The Morgan fingerprint density at radius 1 is 1.35 bits per heavy atom. The quantitative estimate of drug-likeness (QED) is 0.804. The van der Waals surface area contributed by atoms with E-state index >= 15 is 0 Å². The van der Waals surface area contributed by atoms with E-state index in [1.165, 1.54) is 5.56 Å². The van der Waals surface area contributed by atoms with E-state index in [2.05, 4.69) is 24.4 Å². The fourth-order valence-corrected chi connectivity index (χ4v) is 2.19. The van der Waals surface area contributed by atoms with Gasteiger partial charge < -0.3 is 10.2 Å². The number of hydrogen-bond acceptors (Lipinski definition) is 2. The van der Waals surface area contributed by atoms with Gasteiger partial charge in [0.25, 0.3) is 0 Å². The van der Waals surface area contributed by atoms with Crippen LogP contribution in [0.5, 0.6) is 0 Å². The van der Waals surface area contributed by atoms with Crippen LogP contribution < -0.4 is 10.2 Å². The fourth-order valence-electron chi connectivity index (χ4n) is 2.19. The topological polar surface area (TPSA) is 32.3 Å². The number of carbonyl (C=O) groups excluding carboxylic acids is 1. The number of rotatable bonds is 1. The molecule has 0 spiro atoms. The van der Waals surface area contributed by atoms with Gasteiger partial charge in [-0.25, -0.2) is 0 Å². The summed E-state index contributed by atoms with van der Waals surface area (Å²) in [6.07, 6.45) is 0.989. The second-order valence-electron chi connectivity index (χ2n) is 5.20. The number of amides is 1. The largest absolute Gasteiger partial charge is 0.311 e. The van der Waals surface area contributed by atoms with Crippen LogP contribution in [0.1, 0.15) is 25.8 Å². The van der Waals surface area contributed by atoms with Gasteiger partial charge in [0.1, 0.15) is 0 Å². The molecule has 1 heterocycles. The van der Waals surface area contributed by atoms with Gasteiger partial charge in [0.15, 0.2) is 0 Å². The van der Waals surface area contributed by atoms with Crippen LogP contribution in [0.3, 0.4) is 0 Å². The monoisotopic (exact) mass is 232 g/mol. The summed E-state index contributed by atoms with van der Waals surface area (Å²) >= 11 is 0. The Morgan fingerprint density at radius 3 is 2.82 bits per heavy atom. The third-order valence-electron chi connectivity index (χ3n) is 3.22. The molecular weight excluding hydrogens is 212 g/mol. The van der Waals surface area contributed by atoms with Gasteiger partial charge >= 0.3 is 0 Å². The minimum atomic E-state index is -0.472. The molecule has 1 amide bonds. The molecular formula is C14H20N2O. The Hall–Kier alpha value is -1.35. The van der Waals surface area contributed by atoms with Crippen molar-refractivity contribution in [1.29, 1.82) is 0 Å². The van der Waals surface area contributed by atoms with E-state index in [1.807, 2.05) is 30.9 Å². The first-order valence-corrected chi connectivity index (χ1v) is 6.14. The molecule has 1 saturated heterocycles. The first-order valence-electron chi connectivity index (χ1n) is 6.14. The van der Waals surface area contributed by atoms with E-state index in [4.69, 9.17) is 0 Å². The molecule has 3 nitrogen and oxygen atoms in total. The van der Waals surface area contributed by atoms with Crippen molar-refractivity contribution in [2.75, 3.05) is 18.0 Å². The van der Waals surface area contributed by atoms with Gasteiger partial charge in [-0.15, -0.1) is 0 Å². The van der Waals surface area contributed by atoms with Crippen LogP contribution in [0.2, 0.25) is 0 Å². The molecule has 1 aliphatic heterocycles. The number of nitrogens with zero attached hydrogens (tertiary/aromatic N) is 1. The smallest absolute Gasteiger partial charge is 0.246 e. The van der Waals surface area contributed by atoms with Crippen molar-refractivity contribution >= 4 is 11.6 Å². The maximum atomic E-state index is 12.4. The highest BCUT2D eigenvalue weighted by Crippen LogP contribution is 2.21. The normalized spacial score (nSPS) is 20.2. The Bertz CT molecular complexity index is 426. The Morgan fingerprint density at radius 2 is 2.12 bits per heavy atom. The van der Waals surface area contributed by atoms with Crippen LogP contribution >= 0.6 is 0 Å². The molecule has 92 valence electrons. The van der Waals surface area contributed by atoms with Gasteiger partial charge in [-0.05, 0) is 51.4 Å². The standard InChI is InChI=1S/C14H20N2O/c1-11-6-4-7-12(10-11)16-9-5-8-15-14(2,3)13(16)17/h4,6-7,10,15H,5,8-9H2,1-3H3. The summed E-state index contributed by atoms with van der Waals surface area (Å²) in [6, 6.07) is 8.13. The van der Waals surface area contributed by atoms with Gasteiger partial charge in [0.2, 0.25) is 5.91 Å². The second kappa shape index (κ2) is 4.49. The van der Waals surface area contributed by atoms with Gasteiger partial charge in [-0.3, -0.25) is 4.79 Å². The van der Waals surface area contributed by atoms with Crippen LogP contribution in [0, 0.1) is 6.92 Å². The van der Waals surface area contributed by atoms with Crippen molar-refractivity contribution < 1.29 is 4.79 Å². The SMILES string of the molecule is Cc1cccc(N2CCCNC(C)(C)C2=O)c1. The van der Waals surface area contributed by atoms with E-state index in [1.54, 1.807) is 0 Å². The van der Waals surface area contributed by atoms with Crippen molar-refractivity contribution in [2.24, 2.45) is 0 Å². The van der Waals surface area contributed by atoms with Crippen molar-refractivity contribution in [3.63, 3.8) is 0 Å². The molecule has 17 heavy (non-hydrogen) atoms. The zero-order valence-electron chi connectivity index (χ0n) is 10.8. The predicted molar refractivity (Wildman–Crippen MR) is 70.2 cm³/mol. The third kappa shape index (κ3) is 2.50. The highest BCUT2D eigenvalue weighted by molar-refractivity contribution is 6.00. The Balaban J connectivity index is 2.33. The summed E-state index contributed by atoms with van der Waals surface area (Å²) < 4.78 is 0. The van der Waals surface area contributed by atoms with E-state index in [0.29, 0.717) is 0 Å². The molecule has 1 aromatic carbocycles. The summed E-state index contributed by atoms with van der Waals surface area (Å²) in [4.78, 5) is 14.3. The molecule has 0 unspecified atom stereocenters. The lowest BCUT2D eigenvalue weighted by Crippen LogP contribution is -2.51. The molecule has 0 radical (unpaired) electrons. The molecule has 1 aliphatic rings. The minimum absolute atomic E-state index is 0.153. The summed E-state index contributed by atoms with van der Waals surface area (Å²) in [5.41, 5.74) is 1.72. The number of hydrogen-bond donors (Lipinski definition) is 1. The zero-order chi connectivity index (χ0) is 12.5. The highest BCUT2D eigenvalue weighted by Gasteiger charge is 2.34. The second-order valence-corrected chi connectivity index (χ2v) is 5.20. The Labute approximate surface area is 103 Å². The lowest BCUT2D eigenvalue weighted by molar-refractivity contribution is -0.123. The molecule has 0 aliphatic carbocycles. The predicted octanol–water partition coefficient (Wildman–Crippen LogP) is 2.10. The average molecular weight is 232 g/mol. The van der Waals surface area contributed by atoms with E-state index in [9.17, 15) is 4.79 Å². The van der Waals surface area contributed by atoms with Crippen molar-refractivity contribution in [3.8, 4) is 0 Å². The number of benzene rings is 1.